The monoisotopic (exact) mass is 498 g/mol. The Labute approximate surface area is 195 Å². The van der Waals surface area contributed by atoms with Gasteiger partial charge in [-0.1, -0.05) is 24.3 Å². The van der Waals surface area contributed by atoms with Crippen molar-refractivity contribution >= 4 is 21.7 Å². The van der Waals surface area contributed by atoms with Crippen LogP contribution in [0.2, 0.25) is 0 Å². The van der Waals surface area contributed by atoms with E-state index in [1.165, 1.54) is 28.6 Å². The van der Waals surface area contributed by atoms with Crippen LogP contribution >= 0.6 is 0 Å². The number of hydrogen-bond acceptors (Lipinski definition) is 5. The molecule has 34 heavy (non-hydrogen) atoms. The summed E-state index contributed by atoms with van der Waals surface area (Å²) in [6.07, 6.45) is -4.62. The first-order valence-corrected chi connectivity index (χ1v) is 12.3. The number of benzene rings is 2. The van der Waals surface area contributed by atoms with Crippen LogP contribution in [0, 0.1) is 5.92 Å². The van der Waals surface area contributed by atoms with Crippen molar-refractivity contribution in [3.63, 3.8) is 0 Å². The summed E-state index contributed by atoms with van der Waals surface area (Å²) in [4.78, 5) is 13.9. The zero-order valence-corrected chi connectivity index (χ0v) is 19.4. The second-order valence-electron chi connectivity index (χ2n) is 8.79. The lowest BCUT2D eigenvalue weighted by molar-refractivity contribution is -0.274. The molecule has 2 aromatic rings. The zero-order chi connectivity index (χ0) is 24.8. The van der Waals surface area contributed by atoms with Gasteiger partial charge >= 0.3 is 12.3 Å². The normalized spacial score (nSPS) is 25.7. The molecule has 11 heteroatoms. The Morgan fingerprint density at radius 2 is 1.62 bits per heavy atom. The molecule has 184 valence electrons. The fourth-order valence-corrected chi connectivity index (χ4v) is 7.73. The smallest absolute Gasteiger partial charge is 0.481 e. The molecule has 0 radical (unpaired) electrons. The van der Waals surface area contributed by atoms with Crippen LogP contribution in [0.5, 0.6) is 5.75 Å². The Balaban J connectivity index is 1.57. The Hall–Kier alpha value is -2.79. The molecule has 1 aliphatic heterocycles. The van der Waals surface area contributed by atoms with E-state index in [-0.39, 0.29) is 12.2 Å². The number of hydrogen-bond donors (Lipinski definition) is 1. The lowest BCUT2D eigenvalue weighted by Gasteiger charge is -2.45. The van der Waals surface area contributed by atoms with Gasteiger partial charge in [0.15, 0.2) is 0 Å². The number of halogens is 3. The standard InChI is InChI=1S/C23H25F3N2O5S/c1-14-12-27(17-7-9-18(10-8-17)33-23(24,25)26)13-15(2)28(14)34(31,32)21-19-6-4-3-5-16(19)11-20(21)22(29)30/h3-10,14-15,20-21H,11-13H2,1-2H3,(H,29,30). The van der Waals surface area contributed by atoms with E-state index in [9.17, 15) is 31.5 Å². The molecule has 4 unspecified atom stereocenters. The van der Waals surface area contributed by atoms with E-state index in [2.05, 4.69) is 4.74 Å². The van der Waals surface area contributed by atoms with E-state index < -0.39 is 45.6 Å². The molecule has 4 rings (SSSR count). The summed E-state index contributed by atoms with van der Waals surface area (Å²) in [5.41, 5.74) is 1.89. The van der Waals surface area contributed by atoms with Crippen LogP contribution in [0.1, 0.15) is 30.2 Å². The van der Waals surface area contributed by atoms with Gasteiger partial charge in [-0.3, -0.25) is 4.79 Å². The maximum atomic E-state index is 13.8. The van der Waals surface area contributed by atoms with Gasteiger partial charge in [0, 0.05) is 30.9 Å². The largest absolute Gasteiger partial charge is 0.573 e. The number of ether oxygens (including phenoxy) is 1. The number of fused-ring (bicyclic) bond motifs is 1. The van der Waals surface area contributed by atoms with Gasteiger partial charge in [0.2, 0.25) is 10.0 Å². The summed E-state index contributed by atoms with van der Waals surface area (Å²) >= 11 is 0. The van der Waals surface area contributed by atoms with Crippen LogP contribution < -0.4 is 9.64 Å². The van der Waals surface area contributed by atoms with Crippen LogP contribution in [0.4, 0.5) is 18.9 Å². The lowest BCUT2D eigenvalue weighted by Crippen LogP contribution is -2.59. The number of piperazine rings is 1. The summed E-state index contributed by atoms with van der Waals surface area (Å²) in [6.45, 7) is 4.10. The van der Waals surface area contributed by atoms with Crippen molar-refractivity contribution in [1.29, 1.82) is 0 Å². The predicted molar refractivity (Wildman–Crippen MR) is 119 cm³/mol. The molecule has 7 nitrogen and oxygen atoms in total. The SMILES string of the molecule is CC1CN(c2ccc(OC(F)(F)F)cc2)CC(C)N1S(=O)(=O)C1c2ccccc2CC1C(=O)O. The van der Waals surface area contributed by atoms with Crippen molar-refractivity contribution in [3.05, 3.63) is 59.7 Å². The fraction of sp³-hybridized carbons (Fsp3) is 0.435. The zero-order valence-electron chi connectivity index (χ0n) is 18.6. The van der Waals surface area contributed by atoms with Gasteiger partial charge in [0.25, 0.3) is 0 Å². The van der Waals surface area contributed by atoms with Crippen molar-refractivity contribution in [2.24, 2.45) is 5.92 Å². The highest BCUT2D eigenvalue weighted by atomic mass is 32.2. The fourth-order valence-electron chi connectivity index (χ4n) is 5.15. The van der Waals surface area contributed by atoms with Crippen LogP contribution in [0.15, 0.2) is 48.5 Å². The lowest BCUT2D eigenvalue weighted by atomic mass is 10.1. The van der Waals surface area contributed by atoms with Gasteiger partial charge in [0.1, 0.15) is 11.0 Å². The number of anilines is 1. The maximum Gasteiger partial charge on any atom is 0.573 e. The second-order valence-corrected chi connectivity index (χ2v) is 10.7. The van der Waals surface area contributed by atoms with Crippen molar-refractivity contribution in [2.75, 3.05) is 18.0 Å². The molecule has 1 N–H and O–H groups in total. The Morgan fingerprint density at radius 3 is 2.18 bits per heavy atom. The van der Waals surface area contributed by atoms with Gasteiger partial charge in [-0.2, -0.15) is 4.31 Å². The first kappa shape index (κ1) is 24.3. The molecule has 0 bridgehead atoms. The van der Waals surface area contributed by atoms with E-state index in [4.69, 9.17) is 0 Å². The molecule has 2 aliphatic rings. The number of alkyl halides is 3. The molecule has 0 spiro atoms. The topological polar surface area (TPSA) is 87.2 Å². The van der Waals surface area contributed by atoms with E-state index in [1.54, 1.807) is 38.1 Å². The summed E-state index contributed by atoms with van der Waals surface area (Å²) < 4.78 is 70.2. The molecule has 2 aromatic carbocycles. The quantitative estimate of drug-likeness (QED) is 0.675. The van der Waals surface area contributed by atoms with Gasteiger partial charge in [0.05, 0.1) is 5.92 Å². The van der Waals surface area contributed by atoms with Crippen molar-refractivity contribution < 1.29 is 36.2 Å². The van der Waals surface area contributed by atoms with Crippen LogP contribution in [0.3, 0.4) is 0 Å². The van der Waals surface area contributed by atoms with E-state index in [0.29, 0.717) is 24.3 Å². The highest BCUT2D eigenvalue weighted by Crippen LogP contribution is 2.44. The average Bonchev–Trinajstić information content (AvgIpc) is 3.13. The molecule has 1 aliphatic carbocycles. The summed E-state index contributed by atoms with van der Waals surface area (Å²) in [5.74, 6) is -2.55. The van der Waals surface area contributed by atoms with E-state index in [1.807, 2.05) is 4.90 Å². The summed E-state index contributed by atoms with van der Waals surface area (Å²) in [7, 11) is -4.02. The van der Waals surface area contributed by atoms with Crippen molar-refractivity contribution in [3.8, 4) is 5.75 Å². The predicted octanol–water partition coefficient (Wildman–Crippen LogP) is 3.81. The molecule has 0 amide bonds. The van der Waals surface area contributed by atoms with E-state index >= 15 is 0 Å². The van der Waals surface area contributed by atoms with Gasteiger partial charge in [-0.25, -0.2) is 8.42 Å². The van der Waals surface area contributed by atoms with Gasteiger partial charge in [-0.15, -0.1) is 13.2 Å². The third-order valence-corrected chi connectivity index (χ3v) is 8.90. The first-order valence-electron chi connectivity index (χ1n) is 10.8. The van der Waals surface area contributed by atoms with Crippen molar-refractivity contribution in [1.82, 2.24) is 4.31 Å². The van der Waals surface area contributed by atoms with Crippen LogP contribution in [-0.2, 0) is 21.2 Å². The third kappa shape index (κ3) is 4.58. The minimum atomic E-state index is -4.78. The number of carboxylic acid groups (broad SMARTS) is 1. The molecule has 1 heterocycles. The second kappa shape index (κ2) is 8.77. The highest BCUT2D eigenvalue weighted by Gasteiger charge is 2.50. The molecule has 0 aromatic heterocycles. The molecule has 4 atom stereocenters. The Kier molecular flexibility index (Phi) is 6.28. The maximum absolute atomic E-state index is 13.8. The van der Waals surface area contributed by atoms with Crippen LogP contribution in [-0.4, -0.2) is 55.3 Å². The van der Waals surface area contributed by atoms with Crippen molar-refractivity contribution in [2.45, 2.75) is 44.0 Å². The summed E-state index contributed by atoms with van der Waals surface area (Å²) in [5, 5.41) is 8.59. The van der Waals surface area contributed by atoms with Crippen LogP contribution in [0.25, 0.3) is 0 Å². The molecular formula is C23H25F3N2O5S. The molecule has 0 saturated carbocycles. The average molecular weight is 499 g/mol. The first-order chi connectivity index (χ1) is 15.9. The van der Waals surface area contributed by atoms with Gasteiger partial charge in [-0.05, 0) is 55.7 Å². The van der Waals surface area contributed by atoms with E-state index in [0.717, 1.165) is 5.56 Å². The molecular weight excluding hydrogens is 473 g/mol. The van der Waals surface area contributed by atoms with Gasteiger partial charge < -0.3 is 14.7 Å². The summed E-state index contributed by atoms with van der Waals surface area (Å²) in [6, 6.07) is 11.4. The minimum absolute atomic E-state index is 0.157. The molecule has 1 saturated heterocycles. The number of aliphatic carboxylic acids is 1. The highest BCUT2D eigenvalue weighted by molar-refractivity contribution is 7.89. The number of sulfonamides is 1. The molecule has 1 fully saturated rings. The number of carboxylic acids is 1. The number of nitrogens with zero attached hydrogens (tertiary/aromatic N) is 2. The minimum Gasteiger partial charge on any atom is -0.481 e. The Bertz CT molecular complexity index is 1160. The third-order valence-electron chi connectivity index (χ3n) is 6.37. The number of carbonyl (C=O) groups is 1. The number of rotatable bonds is 5. The Morgan fingerprint density at radius 1 is 1.03 bits per heavy atom.